The number of allylic oxidation sites excluding steroid dienone is 4. The zero-order chi connectivity index (χ0) is 73.3. The summed E-state index contributed by atoms with van der Waals surface area (Å²) in [7, 11) is 0. The van der Waals surface area contributed by atoms with E-state index in [2.05, 4.69) is 369 Å². The lowest BCUT2D eigenvalue weighted by atomic mass is 9.79. The van der Waals surface area contributed by atoms with Crippen molar-refractivity contribution in [3.63, 3.8) is 0 Å². The molecule has 0 fully saturated rings. The normalized spacial score (nSPS) is 12.8. The first-order valence-electron chi connectivity index (χ1n) is 36.8. The average molecular weight is 1370 g/mol. The van der Waals surface area contributed by atoms with Gasteiger partial charge in [-0.05, 0) is 189 Å². The fourth-order valence-corrected chi connectivity index (χ4v) is 15.7. The van der Waals surface area contributed by atoms with Crippen LogP contribution in [-0.4, -0.2) is 33.2 Å². The molecular weight excluding hydrogens is 1290 g/mol. The zero-order valence-corrected chi connectivity index (χ0v) is 62.3. The van der Waals surface area contributed by atoms with Gasteiger partial charge < -0.3 is 18.3 Å². The van der Waals surface area contributed by atoms with Crippen LogP contribution in [0.5, 0.6) is 0 Å². The second-order valence-corrected chi connectivity index (χ2v) is 32.6. The number of benzene rings is 12. The minimum Gasteiger partial charge on any atom is -0.309 e. The fourth-order valence-electron chi connectivity index (χ4n) is 15.7. The van der Waals surface area contributed by atoms with Crippen molar-refractivity contribution in [3.8, 4) is 74.1 Å². The van der Waals surface area contributed by atoms with Crippen molar-refractivity contribution in [1.29, 1.82) is 5.26 Å². The Morgan fingerprint density at radius 1 is 0.330 bits per heavy atom. The van der Waals surface area contributed by atoms with Crippen molar-refractivity contribution in [2.45, 2.75) is 105 Å². The number of hydrogen-bond acceptors (Lipinski definition) is 4. The van der Waals surface area contributed by atoms with Gasteiger partial charge in [0.15, 0.2) is 17.5 Å². The minimum atomic E-state index is -0.182. The van der Waals surface area contributed by atoms with Gasteiger partial charge in [0, 0.05) is 82.3 Å². The van der Waals surface area contributed by atoms with E-state index in [-0.39, 0.29) is 21.7 Å². The number of nitriles is 1. The van der Waals surface area contributed by atoms with E-state index in [0.717, 1.165) is 122 Å². The van der Waals surface area contributed by atoms with E-state index in [0.29, 0.717) is 23.0 Å². The summed E-state index contributed by atoms with van der Waals surface area (Å²) < 4.78 is 9.76. The summed E-state index contributed by atoms with van der Waals surface area (Å²) in [6, 6.07) is 96.2. The van der Waals surface area contributed by atoms with E-state index in [9.17, 15) is 5.26 Å². The zero-order valence-electron chi connectivity index (χ0n) is 62.3. The summed E-state index contributed by atoms with van der Waals surface area (Å²) in [5.41, 5.74) is 22.6. The summed E-state index contributed by atoms with van der Waals surface area (Å²) in [5, 5.41) is 20.1. The number of para-hydroxylation sites is 6. The van der Waals surface area contributed by atoms with Crippen LogP contribution in [0.3, 0.4) is 0 Å². The SMILES string of the molecule is C=C/C=C\C(C#N)=C/c1ccc(-n2c3ccccc3c3cc4c5ccccc5n(-c5ccccc5)c4cc32)c(-c2cc(-c3nc(-c4cc(C(C)(C)C)cc(C(C)(C)C)c4)nc(-c4cc(C(C)(C)C)cc(C(C)(C)C)c4)n3)ccc2-n2c3ccccc3c3cc4c5ccccc5n(-c5ccccc5)c4cc32)c1. The van der Waals surface area contributed by atoms with Crippen LogP contribution >= 0.6 is 0 Å². The molecule has 0 saturated heterocycles. The number of rotatable bonds is 11. The molecule has 0 atom stereocenters. The lowest BCUT2D eigenvalue weighted by Gasteiger charge is -2.26. The molecule has 0 bridgehead atoms. The average Bonchev–Trinajstić information content (AvgIpc) is 1.55. The van der Waals surface area contributed by atoms with Gasteiger partial charge in [-0.25, -0.2) is 15.0 Å². The standard InChI is InChI=1S/C98H84N8/c1-14-15-30-62(60-99)47-61-43-45-86(105-84-41-28-24-37-74(84)80-56-78-72-35-22-26-39-82(72)103(88(78)58-90(80)105)70-31-18-16-19-32-70)76(48-61)77-53-63(44-46-87(77)106-85-42-29-25-38-75(85)81-57-79-73-36-23-27-40-83(73)104(89(79)59-91(81)106)71-33-20-17-21-34-71)92-100-93(64-49-66(95(2,3)4)54-67(50-64)96(5,6)7)102-94(101-92)65-51-68(97(8,9)10)55-69(52-65)98(11,12)13/h14-59H,1H2,2-13H3/b30-15-,62-47+. The van der Waals surface area contributed by atoms with E-state index >= 15 is 0 Å². The van der Waals surface area contributed by atoms with Crippen LogP contribution in [0.15, 0.2) is 285 Å². The first-order chi connectivity index (χ1) is 51.0. The van der Waals surface area contributed by atoms with Crippen molar-refractivity contribution in [2.75, 3.05) is 0 Å². The summed E-state index contributed by atoms with van der Waals surface area (Å²) in [5.74, 6) is 1.72. The van der Waals surface area contributed by atoms with Gasteiger partial charge in [-0.3, -0.25) is 0 Å². The monoisotopic (exact) mass is 1370 g/mol. The lowest BCUT2D eigenvalue weighted by Crippen LogP contribution is -2.17. The molecule has 17 rings (SSSR count). The van der Waals surface area contributed by atoms with Crippen LogP contribution in [0, 0.1) is 11.3 Å². The quantitative estimate of drug-likeness (QED) is 0.0954. The molecular formula is C98H84N8. The van der Waals surface area contributed by atoms with Crippen molar-refractivity contribution >= 4 is 93.3 Å². The van der Waals surface area contributed by atoms with Crippen LogP contribution in [0.1, 0.15) is 111 Å². The molecule has 17 aromatic rings. The van der Waals surface area contributed by atoms with E-state index in [1.165, 1.54) is 43.8 Å². The van der Waals surface area contributed by atoms with Gasteiger partial charge in [0.2, 0.25) is 0 Å². The molecule has 0 aliphatic heterocycles. The van der Waals surface area contributed by atoms with E-state index in [4.69, 9.17) is 15.0 Å². The molecule has 0 aliphatic carbocycles. The Bertz CT molecular complexity index is 6410. The van der Waals surface area contributed by atoms with Crippen LogP contribution in [0.25, 0.3) is 161 Å². The predicted molar refractivity (Wildman–Crippen MR) is 447 cm³/mol. The number of nitrogens with zero attached hydrogens (tertiary/aromatic N) is 8. The van der Waals surface area contributed by atoms with Gasteiger partial charge >= 0.3 is 0 Å². The van der Waals surface area contributed by atoms with E-state index in [1.807, 2.05) is 18.2 Å². The second-order valence-electron chi connectivity index (χ2n) is 32.6. The summed E-state index contributed by atoms with van der Waals surface area (Å²) in [4.78, 5) is 17.1. The molecule has 12 aromatic carbocycles. The summed E-state index contributed by atoms with van der Waals surface area (Å²) >= 11 is 0. The highest BCUT2D eigenvalue weighted by molar-refractivity contribution is 6.21. The number of hydrogen-bond donors (Lipinski definition) is 0. The smallest absolute Gasteiger partial charge is 0.164 e. The maximum Gasteiger partial charge on any atom is 0.164 e. The highest BCUT2D eigenvalue weighted by Crippen LogP contribution is 2.48. The van der Waals surface area contributed by atoms with Crippen LogP contribution in [0.4, 0.5) is 0 Å². The first kappa shape index (κ1) is 66.8. The third-order valence-corrected chi connectivity index (χ3v) is 21.4. The molecule has 0 amide bonds. The van der Waals surface area contributed by atoms with Gasteiger partial charge in [-0.15, -0.1) is 0 Å². The third-order valence-electron chi connectivity index (χ3n) is 21.4. The van der Waals surface area contributed by atoms with Crippen LogP contribution in [0.2, 0.25) is 0 Å². The molecule has 0 saturated carbocycles. The Balaban J connectivity index is 1.03. The summed E-state index contributed by atoms with van der Waals surface area (Å²) in [6.07, 6.45) is 7.33. The molecule has 516 valence electrons. The number of aromatic nitrogens is 7. The number of fused-ring (bicyclic) bond motifs is 12. The van der Waals surface area contributed by atoms with Crippen molar-refractivity contribution < 1.29 is 0 Å². The maximum absolute atomic E-state index is 10.9. The molecule has 8 nitrogen and oxygen atoms in total. The van der Waals surface area contributed by atoms with Gasteiger partial charge in [0.25, 0.3) is 0 Å². The van der Waals surface area contributed by atoms with Gasteiger partial charge in [-0.2, -0.15) is 5.26 Å². The largest absolute Gasteiger partial charge is 0.309 e. The fraction of sp³-hybridized carbons (Fsp3) is 0.163. The van der Waals surface area contributed by atoms with Crippen molar-refractivity contribution in [2.24, 2.45) is 0 Å². The topological polar surface area (TPSA) is 82.2 Å². The van der Waals surface area contributed by atoms with Gasteiger partial charge in [-0.1, -0.05) is 229 Å². The molecule has 0 spiro atoms. The molecule has 0 unspecified atom stereocenters. The molecule has 0 radical (unpaired) electrons. The van der Waals surface area contributed by atoms with Crippen LogP contribution in [-0.2, 0) is 21.7 Å². The highest BCUT2D eigenvalue weighted by Gasteiger charge is 2.29. The Kier molecular flexibility index (Phi) is 15.9. The Morgan fingerprint density at radius 2 is 0.670 bits per heavy atom. The Labute approximate surface area is 619 Å². The molecule has 0 N–H and O–H groups in total. The van der Waals surface area contributed by atoms with Crippen molar-refractivity contribution in [3.05, 3.63) is 313 Å². The molecule has 0 aliphatic rings. The van der Waals surface area contributed by atoms with Crippen LogP contribution < -0.4 is 0 Å². The molecule has 5 heterocycles. The first-order valence-corrected chi connectivity index (χ1v) is 36.8. The van der Waals surface area contributed by atoms with Gasteiger partial charge in [0.05, 0.1) is 67.2 Å². The molecule has 106 heavy (non-hydrogen) atoms. The lowest BCUT2D eigenvalue weighted by molar-refractivity contribution is 0.568. The highest BCUT2D eigenvalue weighted by atomic mass is 15.1. The third kappa shape index (κ3) is 11.5. The Hall–Kier alpha value is -12.4. The maximum atomic E-state index is 10.9. The van der Waals surface area contributed by atoms with Crippen molar-refractivity contribution in [1.82, 2.24) is 33.2 Å². The Morgan fingerprint density at radius 3 is 1.05 bits per heavy atom. The molecule has 5 aromatic heterocycles. The van der Waals surface area contributed by atoms with Gasteiger partial charge in [0.1, 0.15) is 0 Å². The molecule has 8 heteroatoms. The van der Waals surface area contributed by atoms with E-state index < -0.39 is 0 Å². The minimum absolute atomic E-state index is 0.182. The predicted octanol–water partition coefficient (Wildman–Crippen LogP) is 25.8. The van der Waals surface area contributed by atoms with E-state index in [1.54, 1.807) is 6.08 Å². The summed E-state index contributed by atoms with van der Waals surface area (Å²) in [6.45, 7) is 31.4. The second kappa shape index (κ2) is 25.2.